The highest BCUT2D eigenvalue weighted by atomic mass is 32.1. The van der Waals surface area contributed by atoms with Gasteiger partial charge in [0, 0.05) is 25.8 Å². The molecule has 1 heterocycles. The predicted octanol–water partition coefficient (Wildman–Crippen LogP) is 2.91. The maximum atomic E-state index is 12.0. The molecule has 1 unspecified atom stereocenters. The summed E-state index contributed by atoms with van der Waals surface area (Å²) < 4.78 is 5.63. The summed E-state index contributed by atoms with van der Waals surface area (Å²) >= 11 is 5.34. The number of nitrogens with zero attached hydrogens (tertiary/aromatic N) is 1. The van der Waals surface area contributed by atoms with E-state index < -0.39 is 0 Å². The third-order valence-corrected chi connectivity index (χ3v) is 4.21. The van der Waals surface area contributed by atoms with Crippen molar-refractivity contribution in [2.24, 2.45) is 0 Å². The fourth-order valence-electron chi connectivity index (χ4n) is 2.47. The Morgan fingerprint density at radius 1 is 1.43 bits per heavy atom. The molecule has 1 aromatic rings. The molecule has 0 bridgehead atoms. The van der Waals surface area contributed by atoms with Crippen molar-refractivity contribution in [1.29, 1.82) is 0 Å². The first-order chi connectivity index (χ1) is 11.1. The monoisotopic (exact) mass is 332 g/mol. The van der Waals surface area contributed by atoms with Crippen LogP contribution in [0.1, 0.15) is 30.9 Å². The number of benzene rings is 1. The number of aryl methyl sites for hydroxylation is 1. The van der Waals surface area contributed by atoms with Gasteiger partial charge < -0.3 is 9.64 Å². The Kier molecular flexibility index (Phi) is 6.74. The number of ether oxygens (including phenoxy) is 1. The Morgan fingerprint density at radius 3 is 2.78 bits per heavy atom. The first kappa shape index (κ1) is 17.6. The summed E-state index contributed by atoms with van der Waals surface area (Å²) in [6.45, 7) is 6.36. The van der Waals surface area contributed by atoms with Gasteiger partial charge in [-0.05, 0) is 50.5 Å². The molecule has 1 amide bonds. The van der Waals surface area contributed by atoms with Gasteiger partial charge in [0.1, 0.15) is 0 Å². The number of hydrogen-bond acceptors (Lipinski definition) is 3. The number of carbonyl (C=O) groups excluding carboxylic acids is 1. The molecule has 1 aromatic carbocycles. The van der Waals surface area contributed by atoms with Crippen molar-refractivity contribution in [1.82, 2.24) is 10.2 Å². The van der Waals surface area contributed by atoms with Crippen molar-refractivity contribution in [2.75, 3.05) is 19.7 Å². The van der Waals surface area contributed by atoms with Crippen LogP contribution in [-0.4, -0.2) is 41.7 Å². The van der Waals surface area contributed by atoms with Crippen LogP contribution in [0.5, 0.6) is 0 Å². The Hall–Kier alpha value is -1.72. The maximum absolute atomic E-state index is 12.0. The normalized spacial score (nSPS) is 17.4. The van der Waals surface area contributed by atoms with Crippen molar-refractivity contribution < 1.29 is 9.53 Å². The summed E-state index contributed by atoms with van der Waals surface area (Å²) in [5.74, 6) is -0.207. The van der Waals surface area contributed by atoms with Crippen LogP contribution in [0.15, 0.2) is 30.3 Å². The van der Waals surface area contributed by atoms with Gasteiger partial charge in [0.2, 0.25) is 5.91 Å². The average molecular weight is 332 g/mol. The van der Waals surface area contributed by atoms with Gasteiger partial charge in [0.25, 0.3) is 0 Å². The SMILES string of the molecule is CCN(CC1CCCO1)C(=S)NC(=O)/C=C/c1ccc(C)cc1. The average Bonchev–Trinajstić information content (AvgIpc) is 3.05. The van der Waals surface area contributed by atoms with Gasteiger partial charge in [-0.1, -0.05) is 29.8 Å². The minimum atomic E-state index is -0.207. The minimum Gasteiger partial charge on any atom is -0.376 e. The maximum Gasteiger partial charge on any atom is 0.250 e. The van der Waals surface area contributed by atoms with E-state index in [0.717, 1.165) is 38.1 Å². The van der Waals surface area contributed by atoms with Crippen molar-refractivity contribution in [2.45, 2.75) is 32.8 Å². The summed E-state index contributed by atoms with van der Waals surface area (Å²) in [7, 11) is 0. The lowest BCUT2D eigenvalue weighted by molar-refractivity contribution is -0.115. The smallest absolute Gasteiger partial charge is 0.250 e. The van der Waals surface area contributed by atoms with E-state index in [2.05, 4.69) is 5.32 Å². The second-order valence-corrected chi connectivity index (χ2v) is 6.10. The first-order valence-corrected chi connectivity index (χ1v) is 8.45. The molecular formula is C18H24N2O2S. The molecular weight excluding hydrogens is 308 g/mol. The van der Waals surface area contributed by atoms with Crippen molar-refractivity contribution in [3.8, 4) is 0 Å². The fraction of sp³-hybridized carbons (Fsp3) is 0.444. The summed E-state index contributed by atoms with van der Waals surface area (Å²) in [4.78, 5) is 14.0. The number of likely N-dealkylation sites (N-methyl/N-ethyl adjacent to an activating group) is 1. The number of amides is 1. The van der Waals surface area contributed by atoms with Gasteiger partial charge in [0.05, 0.1) is 6.10 Å². The van der Waals surface area contributed by atoms with Crippen molar-refractivity contribution in [3.05, 3.63) is 41.5 Å². The topological polar surface area (TPSA) is 41.6 Å². The van der Waals surface area contributed by atoms with Gasteiger partial charge >= 0.3 is 0 Å². The first-order valence-electron chi connectivity index (χ1n) is 8.04. The third-order valence-electron chi connectivity index (χ3n) is 3.85. The van der Waals surface area contributed by atoms with Crippen LogP contribution in [0.3, 0.4) is 0 Å². The zero-order valence-electron chi connectivity index (χ0n) is 13.7. The number of rotatable bonds is 5. The molecule has 0 saturated carbocycles. The van der Waals surface area contributed by atoms with E-state index in [1.807, 2.05) is 43.0 Å². The number of carbonyl (C=O) groups is 1. The molecule has 124 valence electrons. The second kappa shape index (κ2) is 8.79. The van der Waals surface area contributed by atoms with Gasteiger partial charge in [0.15, 0.2) is 5.11 Å². The molecule has 0 aromatic heterocycles. The van der Waals surface area contributed by atoms with E-state index in [-0.39, 0.29) is 12.0 Å². The van der Waals surface area contributed by atoms with Crippen molar-refractivity contribution >= 4 is 29.3 Å². The summed E-state index contributed by atoms with van der Waals surface area (Å²) in [6, 6.07) is 7.99. The zero-order chi connectivity index (χ0) is 16.7. The summed E-state index contributed by atoms with van der Waals surface area (Å²) in [5.41, 5.74) is 2.18. The molecule has 1 N–H and O–H groups in total. The van der Waals surface area contributed by atoms with E-state index in [4.69, 9.17) is 17.0 Å². The molecule has 1 atom stereocenters. The van der Waals surface area contributed by atoms with Gasteiger partial charge in [-0.15, -0.1) is 0 Å². The van der Waals surface area contributed by atoms with Crippen LogP contribution in [0.2, 0.25) is 0 Å². The highest BCUT2D eigenvalue weighted by molar-refractivity contribution is 7.80. The van der Waals surface area contributed by atoms with Crippen LogP contribution in [0.4, 0.5) is 0 Å². The molecule has 4 nitrogen and oxygen atoms in total. The molecule has 23 heavy (non-hydrogen) atoms. The summed E-state index contributed by atoms with van der Waals surface area (Å²) in [6.07, 6.45) is 5.67. The molecule has 1 saturated heterocycles. The highest BCUT2D eigenvalue weighted by Crippen LogP contribution is 2.13. The van der Waals surface area contributed by atoms with Crippen molar-refractivity contribution in [3.63, 3.8) is 0 Å². The van der Waals surface area contributed by atoms with E-state index >= 15 is 0 Å². The van der Waals surface area contributed by atoms with Gasteiger partial charge in [-0.2, -0.15) is 0 Å². The lowest BCUT2D eigenvalue weighted by atomic mass is 10.1. The third kappa shape index (κ3) is 5.77. The lowest BCUT2D eigenvalue weighted by Gasteiger charge is -2.26. The predicted molar refractivity (Wildman–Crippen MR) is 97.2 cm³/mol. The van der Waals surface area contributed by atoms with Crippen LogP contribution in [0, 0.1) is 6.92 Å². The molecule has 2 rings (SSSR count). The van der Waals surface area contributed by atoms with E-state index in [1.54, 1.807) is 6.08 Å². The van der Waals surface area contributed by atoms with Crippen LogP contribution in [0.25, 0.3) is 6.08 Å². The standard InChI is InChI=1S/C18H24N2O2S/c1-3-20(13-16-5-4-12-22-16)18(23)19-17(21)11-10-15-8-6-14(2)7-9-15/h6-11,16H,3-5,12-13H2,1-2H3,(H,19,21,23)/b11-10+. The molecule has 1 fully saturated rings. The Morgan fingerprint density at radius 2 is 2.17 bits per heavy atom. The number of thiocarbonyl (C=S) groups is 1. The summed E-state index contributed by atoms with van der Waals surface area (Å²) in [5, 5.41) is 3.22. The van der Waals surface area contributed by atoms with Crippen LogP contribution < -0.4 is 5.32 Å². The molecule has 0 aliphatic carbocycles. The Labute approximate surface area is 143 Å². The fourth-order valence-corrected chi connectivity index (χ4v) is 2.77. The van der Waals surface area contributed by atoms with E-state index in [0.29, 0.717) is 5.11 Å². The van der Waals surface area contributed by atoms with Gasteiger partial charge in [-0.25, -0.2) is 0 Å². The zero-order valence-corrected chi connectivity index (χ0v) is 14.6. The van der Waals surface area contributed by atoms with Gasteiger partial charge in [-0.3, -0.25) is 10.1 Å². The van der Waals surface area contributed by atoms with Crippen LogP contribution in [-0.2, 0) is 9.53 Å². The number of hydrogen-bond donors (Lipinski definition) is 1. The molecule has 1 aliphatic rings. The van der Waals surface area contributed by atoms with E-state index in [1.165, 1.54) is 11.6 Å². The van der Waals surface area contributed by atoms with Crippen LogP contribution >= 0.6 is 12.2 Å². The number of nitrogens with one attached hydrogen (secondary N) is 1. The largest absolute Gasteiger partial charge is 0.376 e. The minimum absolute atomic E-state index is 0.207. The molecule has 0 radical (unpaired) electrons. The Balaban J connectivity index is 1.84. The quantitative estimate of drug-likeness (QED) is 0.665. The molecule has 5 heteroatoms. The molecule has 1 aliphatic heterocycles. The lowest BCUT2D eigenvalue weighted by Crippen LogP contribution is -2.45. The Bertz CT molecular complexity index is 563. The second-order valence-electron chi connectivity index (χ2n) is 5.71. The van der Waals surface area contributed by atoms with E-state index in [9.17, 15) is 4.79 Å². The molecule has 0 spiro atoms. The highest BCUT2D eigenvalue weighted by Gasteiger charge is 2.20.